The van der Waals surface area contributed by atoms with Crippen LogP contribution in [0.3, 0.4) is 0 Å². The van der Waals surface area contributed by atoms with E-state index in [9.17, 15) is 8.42 Å². The lowest BCUT2D eigenvalue weighted by Crippen LogP contribution is -2.31. The van der Waals surface area contributed by atoms with Gasteiger partial charge in [-0.1, -0.05) is 35.9 Å². The Morgan fingerprint density at radius 1 is 0.906 bits per heavy atom. The first-order chi connectivity index (χ1) is 15.4. The number of nitrogens with zero attached hydrogens (tertiary/aromatic N) is 2. The maximum atomic E-state index is 13.6. The average Bonchev–Trinajstić information content (AvgIpc) is 3.18. The monoisotopic (exact) mass is 448 g/mol. The first kappa shape index (κ1) is 21.6. The molecule has 0 aliphatic carbocycles. The molecular formula is C25H24N2O4S. The smallest absolute Gasteiger partial charge is 0.264 e. The molecule has 7 heteroatoms. The highest BCUT2D eigenvalue weighted by atomic mass is 32.2. The summed E-state index contributed by atoms with van der Waals surface area (Å²) in [7, 11) is -2.28. The normalized spacial score (nSPS) is 11.3. The van der Waals surface area contributed by atoms with Gasteiger partial charge in [-0.05, 0) is 62.4 Å². The lowest BCUT2D eigenvalue weighted by Gasteiger charge is -2.24. The van der Waals surface area contributed by atoms with E-state index in [1.807, 2.05) is 37.3 Å². The molecule has 0 bridgehead atoms. The van der Waals surface area contributed by atoms with Crippen molar-refractivity contribution in [3.05, 3.63) is 95.9 Å². The average molecular weight is 449 g/mol. The Morgan fingerprint density at radius 3 is 2.19 bits per heavy atom. The molecule has 1 heterocycles. The number of methoxy groups -OCH3 is 1. The molecular weight excluding hydrogens is 424 g/mol. The molecule has 0 saturated carbocycles. The van der Waals surface area contributed by atoms with Crippen LogP contribution < -0.4 is 9.04 Å². The van der Waals surface area contributed by atoms with E-state index in [0.29, 0.717) is 28.8 Å². The van der Waals surface area contributed by atoms with Crippen LogP contribution in [0.15, 0.2) is 88.2 Å². The van der Waals surface area contributed by atoms with E-state index in [1.165, 1.54) is 4.31 Å². The summed E-state index contributed by atoms with van der Waals surface area (Å²) < 4.78 is 39.7. The zero-order valence-electron chi connectivity index (χ0n) is 18.1. The van der Waals surface area contributed by atoms with Crippen LogP contribution >= 0.6 is 0 Å². The van der Waals surface area contributed by atoms with Crippen molar-refractivity contribution >= 4 is 15.7 Å². The number of oxazole rings is 1. The summed E-state index contributed by atoms with van der Waals surface area (Å²) in [5.41, 5.74) is 2.88. The van der Waals surface area contributed by atoms with Crippen molar-refractivity contribution in [2.75, 3.05) is 11.4 Å². The third kappa shape index (κ3) is 4.38. The van der Waals surface area contributed by atoms with Crippen LogP contribution in [-0.2, 0) is 16.6 Å². The second-order valence-electron chi connectivity index (χ2n) is 7.41. The minimum atomic E-state index is -3.85. The molecule has 0 aliphatic heterocycles. The van der Waals surface area contributed by atoms with E-state index in [2.05, 4.69) is 4.98 Å². The van der Waals surface area contributed by atoms with Gasteiger partial charge in [-0.2, -0.15) is 0 Å². The predicted octanol–water partition coefficient (Wildman–Crippen LogP) is 5.36. The lowest BCUT2D eigenvalue weighted by molar-refractivity contribution is 0.415. The van der Waals surface area contributed by atoms with E-state index in [0.717, 1.165) is 11.1 Å². The number of anilines is 1. The Bertz CT molecular complexity index is 1300. The molecule has 0 radical (unpaired) electrons. The molecule has 0 fully saturated rings. The third-order valence-corrected chi connectivity index (χ3v) is 6.96. The van der Waals surface area contributed by atoms with Crippen LogP contribution in [-0.4, -0.2) is 20.5 Å². The van der Waals surface area contributed by atoms with Crippen molar-refractivity contribution in [3.63, 3.8) is 0 Å². The number of aromatic nitrogens is 1. The molecule has 6 nitrogen and oxygen atoms in total. The highest BCUT2D eigenvalue weighted by molar-refractivity contribution is 7.92. The van der Waals surface area contributed by atoms with Crippen LogP contribution in [0.1, 0.15) is 17.0 Å². The molecule has 0 unspecified atom stereocenters. The summed E-state index contributed by atoms with van der Waals surface area (Å²) in [6.45, 7) is 3.74. The van der Waals surface area contributed by atoms with Crippen molar-refractivity contribution in [1.29, 1.82) is 0 Å². The maximum absolute atomic E-state index is 13.6. The largest absolute Gasteiger partial charge is 0.497 e. The lowest BCUT2D eigenvalue weighted by atomic mass is 10.2. The summed E-state index contributed by atoms with van der Waals surface area (Å²) in [6, 6.07) is 23.2. The van der Waals surface area contributed by atoms with Gasteiger partial charge < -0.3 is 9.15 Å². The number of benzene rings is 3. The van der Waals surface area contributed by atoms with Crippen LogP contribution in [0, 0.1) is 13.8 Å². The second-order valence-corrected chi connectivity index (χ2v) is 9.27. The first-order valence-electron chi connectivity index (χ1n) is 10.1. The van der Waals surface area contributed by atoms with Gasteiger partial charge >= 0.3 is 0 Å². The van der Waals surface area contributed by atoms with Gasteiger partial charge in [0.25, 0.3) is 10.0 Å². The molecule has 32 heavy (non-hydrogen) atoms. The Balaban J connectivity index is 1.76. The molecule has 3 aromatic carbocycles. The highest BCUT2D eigenvalue weighted by Crippen LogP contribution is 2.30. The second kappa shape index (κ2) is 8.88. The van der Waals surface area contributed by atoms with Crippen molar-refractivity contribution in [2.45, 2.75) is 25.3 Å². The molecule has 4 rings (SSSR count). The van der Waals surface area contributed by atoms with Crippen LogP contribution in [0.2, 0.25) is 0 Å². The van der Waals surface area contributed by atoms with Gasteiger partial charge in [0.1, 0.15) is 17.2 Å². The maximum Gasteiger partial charge on any atom is 0.264 e. The quantitative estimate of drug-likeness (QED) is 0.380. The van der Waals surface area contributed by atoms with E-state index < -0.39 is 10.0 Å². The highest BCUT2D eigenvalue weighted by Gasteiger charge is 2.27. The van der Waals surface area contributed by atoms with E-state index >= 15 is 0 Å². The first-order valence-corrected chi connectivity index (χ1v) is 11.6. The summed E-state index contributed by atoms with van der Waals surface area (Å²) in [4.78, 5) is 4.81. The van der Waals surface area contributed by atoms with E-state index in [1.54, 1.807) is 62.6 Å². The number of hydrogen-bond donors (Lipinski definition) is 0. The zero-order valence-corrected chi connectivity index (χ0v) is 19.0. The van der Waals surface area contributed by atoms with Gasteiger partial charge in [0.15, 0.2) is 0 Å². The minimum Gasteiger partial charge on any atom is -0.497 e. The Kier molecular flexibility index (Phi) is 6.01. The number of aryl methyl sites for hydroxylation is 2. The summed E-state index contributed by atoms with van der Waals surface area (Å²) in [6.07, 6.45) is 0. The SMILES string of the molecule is COc1ccc(N(Cc2nc(-c3ccccc3)oc2C)S(=O)(=O)c2ccc(C)cc2)cc1. The predicted molar refractivity (Wildman–Crippen MR) is 124 cm³/mol. The molecule has 0 N–H and O–H groups in total. The van der Waals surface area contributed by atoms with Gasteiger partial charge in [-0.25, -0.2) is 13.4 Å². The fourth-order valence-corrected chi connectivity index (χ4v) is 4.74. The van der Waals surface area contributed by atoms with Crippen LogP contribution in [0.4, 0.5) is 5.69 Å². The van der Waals surface area contributed by atoms with Crippen molar-refractivity contribution in [2.24, 2.45) is 0 Å². The van der Waals surface area contributed by atoms with Gasteiger partial charge in [-0.15, -0.1) is 0 Å². The molecule has 4 aromatic rings. The Hall–Kier alpha value is -3.58. The number of rotatable bonds is 7. The number of ether oxygens (including phenoxy) is 1. The molecule has 164 valence electrons. The summed E-state index contributed by atoms with van der Waals surface area (Å²) >= 11 is 0. The topological polar surface area (TPSA) is 72.6 Å². The van der Waals surface area contributed by atoms with E-state index in [4.69, 9.17) is 9.15 Å². The van der Waals surface area contributed by atoms with Crippen LogP contribution in [0.25, 0.3) is 11.5 Å². The number of sulfonamides is 1. The van der Waals surface area contributed by atoms with Crippen LogP contribution in [0.5, 0.6) is 5.75 Å². The van der Waals surface area contributed by atoms with Crippen molar-refractivity contribution < 1.29 is 17.6 Å². The molecule has 0 amide bonds. The Morgan fingerprint density at radius 2 is 1.56 bits per heavy atom. The summed E-state index contributed by atoms with van der Waals surface area (Å²) in [5, 5.41) is 0. The molecule has 0 aliphatic rings. The van der Waals surface area contributed by atoms with Gasteiger partial charge in [0.2, 0.25) is 5.89 Å². The Labute approximate surface area is 188 Å². The third-order valence-electron chi connectivity index (χ3n) is 5.18. The van der Waals surface area contributed by atoms with Crippen molar-refractivity contribution in [1.82, 2.24) is 4.98 Å². The van der Waals surface area contributed by atoms with Crippen molar-refractivity contribution in [3.8, 4) is 17.2 Å². The number of hydrogen-bond acceptors (Lipinski definition) is 5. The molecule has 0 saturated heterocycles. The minimum absolute atomic E-state index is 0.0324. The molecule has 1 aromatic heterocycles. The zero-order chi connectivity index (χ0) is 22.7. The summed E-state index contributed by atoms with van der Waals surface area (Å²) in [5.74, 6) is 1.67. The van der Waals surface area contributed by atoms with Gasteiger partial charge in [0.05, 0.1) is 24.2 Å². The fraction of sp³-hybridized carbons (Fsp3) is 0.160. The van der Waals surface area contributed by atoms with E-state index in [-0.39, 0.29) is 11.4 Å². The standard InChI is InChI=1S/C25H24N2O4S/c1-18-9-15-23(16-10-18)32(28,29)27(21-11-13-22(30-3)14-12-21)17-24-19(2)31-25(26-24)20-7-5-4-6-8-20/h4-16H,17H2,1-3H3. The molecule has 0 spiro atoms. The molecule has 0 atom stereocenters. The van der Waals surface area contributed by atoms with Gasteiger partial charge in [0, 0.05) is 5.56 Å². The van der Waals surface area contributed by atoms with Gasteiger partial charge in [-0.3, -0.25) is 4.31 Å². The fourth-order valence-electron chi connectivity index (χ4n) is 3.32.